The molecule has 1 aliphatic carbocycles. The fourth-order valence-electron chi connectivity index (χ4n) is 4.29. The summed E-state index contributed by atoms with van der Waals surface area (Å²) in [5.41, 5.74) is 1.29. The molecular formula is C25H25N5O3. The van der Waals surface area contributed by atoms with Gasteiger partial charge in [0, 0.05) is 12.0 Å². The second-order valence-corrected chi connectivity index (χ2v) is 8.47. The van der Waals surface area contributed by atoms with Crippen LogP contribution in [0.2, 0.25) is 0 Å². The monoisotopic (exact) mass is 443 g/mol. The zero-order valence-electron chi connectivity index (χ0n) is 18.3. The van der Waals surface area contributed by atoms with Crippen LogP contribution < -0.4 is 10.6 Å². The topological polar surface area (TPSA) is 96.3 Å². The van der Waals surface area contributed by atoms with E-state index in [1.165, 1.54) is 0 Å². The zero-order valence-corrected chi connectivity index (χ0v) is 18.3. The van der Waals surface area contributed by atoms with Crippen LogP contribution in [-0.4, -0.2) is 39.1 Å². The van der Waals surface area contributed by atoms with E-state index in [1.54, 1.807) is 4.68 Å². The molecule has 33 heavy (non-hydrogen) atoms. The van der Waals surface area contributed by atoms with Crippen LogP contribution in [0.5, 0.6) is 0 Å². The highest BCUT2D eigenvalue weighted by molar-refractivity contribution is 6.10. The van der Waals surface area contributed by atoms with Crippen molar-refractivity contribution in [2.45, 2.75) is 37.6 Å². The summed E-state index contributed by atoms with van der Waals surface area (Å²) in [4.78, 5) is 39.9. The second-order valence-electron chi connectivity index (χ2n) is 8.47. The zero-order chi connectivity index (χ0) is 23.0. The molecule has 1 saturated heterocycles. The maximum Gasteiger partial charge on any atom is 0.325 e. The maximum absolute atomic E-state index is 13.3. The quantitative estimate of drug-likeness (QED) is 0.546. The van der Waals surface area contributed by atoms with Gasteiger partial charge in [0.2, 0.25) is 5.91 Å². The highest BCUT2D eigenvalue weighted by Crippen LogP contribution is 2.40. The first kappa shape index (κ1) is 20.9. The van der Waals surface area contributed by atoms with Crippen molar-refractivity contribution in [1.82, 2.24) is 20.0 Å². The number of nitrogens with zero attached hydrogens (tertiary/aromatic N) is 3. The number of hydrogen-bond donors (Lipinski definition) is 2. The predicted octanol–water partition coefficient (Wildman–Crippen LogP) is 3.55. The molecule has 0 spiro atoms. The van der Waals surface area contributed by atoms with Crippen LogP contribution in [-0.2, 0) is 15.1 Å². The molecule has 2 heterocycles. The molecule has 1 unspecified atom stereocenters. The summed E-state index contributed by atoms with van der Waals surface area (Å²) in [6.45, 7) is 1.46. The largest absolute Gasteiger partial charge is 0.325 e. The molecule has 1 atom stereocenters. The molecule has 1 aromatic heterocycles. The molecule has 8 nitrogen and oxygen atoms in total. The van der Waals surface area contributed by atoms with E-state index in [4.69, 9.17) is 0 Å². The number of aromatic nitrogens is 2. The number of para-hydroxylation sites is 1. The Balaban J connectivity index is 1.37. The third kappa shape index (κ3) is 3.77. The Bertz CT molecular complexity index is 1200. The number of imide groups is 1. The molecular weight excluding hydrogens is 418 g/mol. The lowest BCUT2D eigenvalue weighted by Gasteiger charge is -2.25. The van der Waals surface area contributed by atoms with Gasteiger partial charge in [0.15, 0.2) is 0 Å². The third-order valence-electron chi connectivity index (χ3n) is 6.27. The lowest BCUT2D eigenvalue weighted by Crippen LogP contribution is -2.44. The number of amides is 4. The SMILES string of the molecule is CCC1(c2ccccc2)NC(=O)N(CC(=O)Nc2cc(C3CC3)nn2-c2ccccc2)C1=O. The minimum Gasteiger partial charge on any atom is -0.319 e. The van der Waals surface area contributed by atoms with Crippen LogP contribution in [0.4, 0.5) is 10.6 Å². The Kier molecular flexibility index (Phi) is 5.20. The van der Waals surface area contributed by atoms with Crippen LogP contribution in [0.1, 0.15) is 43.4 Å². The highest BCUT2D eigenvalue weighted by Gasteiger charge is 2.51. The van der Waals surface area contributed by atoms with Crippen molar-refractivity contribution >= 4 is 23.7 Å². The number of anilines is 1. The first-order valence-corrected chi connectivity index (χ1v) is 11.2. The summed E-state index contributed by atoms with van der Waals surface area (Å²) in [5, 5.41) is 10.3. The average molecular weight is 444 g/mol. The van der Waals surface area contributed by atoms with Crippen molar-refractivity contribution in [3.8, 4) is 5.69 Å². The van der Waals surface area contributed by atoms with E-state index in [0.717, 1.165) is 29.1 Å². The van der Waals surface area contributed by atoms with Gasteiger partial charge in [-0.3, -0.25) is 14.5 Å². The second kappa shape index (κ2) is 8.20. The first-order valence-electron chi connectivity index (χ1n) is 11.2. The molecule has 1 aliphatic heterocycles. The summed E-state index contributed by atoms with van der Waals surface area (Å²) in [7, 11) is 0. The number of nitrogens with one attached hydrogen (secondary N) is 2. The predicted molar refractivity (Wildman–Crippen MR) is 123 cm³/mol. The highest BCUT2D eigenvalue weighted by atomic mass is 16.2. The van der Waals surface area contributed by atoms with Crippen molar-refractivity contribution < 1.29 is 14.4 Å². The van der Waals surface area contributed by atoms with Gasteiger partial charge in [-0.1, -0.05) is 55.5 Å². The molecule has 5 rings (SSSR count). The molecule has 2 fully saturated rings. The van der Waals surface area contributed by atoms with E-state index < -0.39 is 23.4 Å². The van der Waals surface area contributed by atoms with Crippen molar-refractivity contribution in [3.63, 3.8) is 0 Å². The number of carbonyl (C=O) groups excluding carboxylic acids is 3. The van der Waals surface area contributed by atoms with Gasteiger partial charge in [-0.2, -0.15) is 5.10 Å². The Morgan fingerprint density at radius 2 is 1.76 bits per heavy atom. The number of rotatable bonds is 7. The van der Waals surface area contributed by atoms with E-state index in [9.17, 15) is 14.4 Å². The van der Waals surface area contributed by atoms with Crippen molar-refractivity contribution in [2.75, 3.05) is 11.9 Å². The van der Waals surface area contributed by atoms with Crippen molar-refractivity contribution in [3.05, 3.63) is 78.0 Å². The van der Waals surface area contributed by atoms with Crippen LogP contribution in [0.3, 0.4) is 0 Å². The molecule has 3 aromatic rings. The fourth-order valence-corrected chi connectivity index (χ4v) is 4.29. The molecule has 2 N–H and O–H groups in total. The molecule has 0 bridgehead atoms. The van der Waals surface area contributed by atoms with E-state index in [2.05, 4.69) is 15.7 Å². The van der Waals surface area contributed by atoms with Gasteiger partial charge in [-0.15, -0.1) is 0 Å². The van der Waals surface area contributed by atoms with Gasteiger partial charge in [0.05, 0.1) is 11.4 Å². The van der Waals surface area contributed by atoms with Crippen LogP contribution >= 0.6 is 0 Å². The molecule has 4 amide bonds. The molecule has 2 aliphatic rings. The summed E-state index contributed by atoms with van der Waals surface area (Å²) in [6, 6.07) is 20.0. The van der Waals surface area contributed by atoms with E-state index in [1.807, 2.05) is 73.7 Å². The summed E-state index contributed by atoms with van der Waals surface area (Å²) in [5.74, 6) is 0.0436. The fraction of sp³-hybridized carbons (Fsp3) is 0.280. The Hall–Kier alpha value is -3.94. The lowest BCUT2D eigenvalue weighted by atomic mass is 9.87. The average Bonchev–Trinajstić information content (AvgIpc) is 3.57. The summed E-state index contributed by atoms with van der Waals surface area (Å²) in [6.07, 6.45) is 2.55. The number of urea groups is 1. The summed E-state index contributed by atoms with van der Waals surface area (Å²) >= 11 is 0. The summed E-state index contributed by atoms with van der Waals surface area (Å²) < 4.78 is 1.69. The van der Waals surface area contributed by atoms with E-state index >= 15 is 0 Å². The molecule has 8 heteroatoms. The first-order chi connectivity index (χ1) is 16.0. The minimum absolute atomic E-state index is 0.377. The normalized spacial score (nSPS) is 20.1. The number of carbonyl (C=O) groups is 3. The lowest BCUT2D eigenvalue weighted by molar-refractivity contribution is -0.134. The Morgan fingerprint density at radius 3 is 2.39 bits per heavy atom. The van der Waals surface area contributed by atoms with Gasteiger partial charge in [-0.05, 0) is 37.0 Å². The van der Waals surface area contributed by atoms with Crippen molar-refractivity contribution in [2.24, 2.45) is 0 Å². The molecule has 1 saturated carbocycles. The van der Waals surface area contributed by atoms with E-state index in [-0.39, 0.29) is 6.54 Å². The number of benzene rings is 2. The maximum atomic E-state index is 13.3. The van der Waals surface area contributed by atoms with E-state index in [0.29, 0.717) is 23.7 Å². The Morgan fingerprint density at radius 1 is 1.09 bits per heavy atom. The van der Waals surface area contributed by atoms with Gasteiger partial charge in [0.25, 0.3) is 5.91 Å². The van der Waals surface area contributed by atoms with Gasteiger partial charge in [0.1, 0.15) is 17.9 Å². The minimum atomic E-state index is -1.16. The molecule has 168 valence electrons. The Labute approximate surface area is 191 Å². The van der Waals surface area contributed by atoms with Crippen LogP contribution in [0.25, 0.3) is 5.69 Å². The van der Waals surface area contributed by atoms with Gasteiger partial charge >= 0.3 is 6.03 Å². The third-order valence-corrected chi connectivity index (χ3v) is 6.27. The van der Waals surface area contributed by atoms with Crippen LogP contribution in [0, 0.1) is 0 Å². The number of hydrogen-bond acceptors (Lipinski definition) is 4. The molecule has 0 radical (unpaired) electrons. The van der Waals surface area contributed by atoms with Crippen LogP contribution in [0.15, 0.2) is 66.7 Å². The smallest absolute Gasteiger partial charge is 0.319 e. The van der Waals surface area contributed by atoms with Gasteiger partial charge < -0.3 is 10.6 Å². The van der Waals surface area contributed by atoms with Gasteiger partial charge in [-0.25, -0.2) is 9.48 Å². The standard InChI is InChI=1S/C25H25N5O3/c1-2-25(18-9-5-3-6-10-18)23(32)29(24(33)27-25)16-22(31)26-21-15-20(17-13-14-17)28-30(21)19-11-7-4-8-12-19/h3-12,15,17H,2,13-14,16H2,1H3,(H,26,31)(H,27,33). The molecule has 2 aromatic carbocycles. The van der Waals surface area contributed by atoms with Crippen molar-refractivity contribution in [1.29, 1.82) is 0 Å².